The molecule has 0 amide bonds. The molecule has 3 rings (SSSR count). The molecule has 1 aromatic carbocycles. The molecule has 1 fully saturated rings. The number of thiocarbonyl (C=S) groups is 1. The first-order valence-corrected chi connectivity index (χ1v) is 9.56. The van der Waals surface area contributed by atoms with Crippen LogP contribution < -0.4 is 10.3 Å². The van der Waals surface area contributed by atoms with Crippen molar-refractivity contribution < 1.29 is 4.74 Å². The van der Waals surface area contributed by atoms with E-state index in [1.807, 2.05) is 24.3 Å². The number of hydrogen-bond donors (Lipinski definition) is 1. The summed E-state index contributed by atoms with van der Waals surface area (Å²) in [5.74, 6) is 0.825. The molecule has 1 aromatic heterocycles. The second kappa shape index (κ2) is 8.48. The van der Waals surface area contributed by atoms with Crippen LogP contribution in [0.5, 0.6) is 5.75 Å². The third-order valence-corrected chi connectivity index (χ3v) is 5.51. The lowest BCUT2D eigenvalue weighted by atomic mass is 9.94. The molecule has 25 heavy (non-hydrogen) atoms. The Hall–Kier alpha value is -1.88. The number of ether oxygens (including phenoxy) is 1. The van der Waals surface area contributed by atoms with Crippen molar-refractivity contribution in [3.8, 4) is 5.75 Å². The minimum atomic E-state index is -0.0863. The van der Waals surface area contributed by atoms with Crippen molar-refractivity contribution in [3.05, 3.63) is 40.7 Å². The van der Waals surface area contributed by atoms with Crippen LogP contribution in [-0.2, 0) is 0 Å². The van der Waals surface area contributed by atoms with E-state index in [0.717, 1.165) is 34.5 Å². The van der Waals surface area contributed by atoms with Crippen LogP contribution in [0.3, 0.4) is 0 Å². The SMILES string of the molecule is CN(C(=S)CCCOc1ccc2[nH]c(=O)ccc2c1)C1CCCCC1. The molecule has 1 N–H and O–H groups in total. The van der Waals surface area contributed by atoms with Gasteiger partial charge in [0.15, 0.2) is 0 Å². The first-order valence-electron chi connectivity index (χ1n) is 9.15. The summed E-state index contributed by atoms with van der Waals surface area (Å²) in [6, 6.07) is 9.71. The summed E-state index contributed by atoms with van der Waals surface area (Å²) in [6.07, 6.45) is 8.37. The Kier molecular flexibility index (Phi) is 6.08. The molecule has 2 aromatic rings. The number of nitrogens with one attached hydrogen (secondary N) is 1. The quantitative estimate of drug-likeness (QED) is 0.618. The predicted octanol–water partition coefficient (Wildman–Crippen LogP) is 4.28. The summed E-state index contributed by atoms with van der Waals surface area (Å²) in [6.45, 7) is 0.646. The first-order chi connectivity index (χ1) is 12.1. The van der Waals surface area contributed by atoms with E-state index in [4.69, 9.17) is 17.0 Å². The van der Waals surface area contributed by atoms with E-state index in [9.17, 15) is 4.79 Å². The largest absolute Gasteiger partial charge is 0.494 e. The molecular weight excluding hydrogens is 332 g/mol. The Bertz CT molecular complexity index is 781. The van der Waals surface area contributed by atoms with Crippen molar-refractivity contribution in [2.45, 2.75) is 51.0 Å². The third-order valence-electron chi connectivity index (χ3n) is 5.01. The molecule has 0 bridgehead atoms. The van der Waals surface area contributed by atoms with Gasteiger partial charge in [-0.15, -0.1) is 0 Å². The third kappa shape index (κ3) is 4.82. The van der Waals surface area contributed by atoms with E-state index in [-0.39, 0.29) is 5.56 Å². The normalized spacial score (nSPS) is 15.2. The van der Waals surface area contributed by atoms with E-state index >= 15 is 0 Å². The molecule has 1 saturated carbocycles. The summed E-state index contributed by atoms with van der Waals surface area (Å²) in [5.41, 5.74) is 0.743. The number of fused-ring (bicyclic) bond motifs is 1. The number of nitrogens with zero attached hydrogens (tertiary/aromatic N) is 1. The topological polar surface area (TPSA) is 45.3 Å². The highest BCUT2D eigenvalue weighted by Crippen LogP contribution is 2.23. The van der Waals surface area contributed by atoms with Gasteiger partial charge in [-0.25, -0.2) is 0 Å². The fraction of sp³-hybridized carbons (Fsp3) is 0.500. The van der Waals surface area contributed by atoms with Gasteiger partial charge in [-0.1, -0.05) is 31.5 Å². The van der Waals surface area contributed by atoms with Crippen molar-refractivity contribution >= 4 is 28.1 Å². The van der Waals surface area contributed by atoms with Gasteiger partial charge >= 0.3 is 0 Å². The second-order valence-corrected chi connectivity index (χ2v) is 7.29. The molecule has 1 aliphatic carbocycles. The number of H-pyrrole nitrogens is 1. The number of benzene rings is 1. The Balaban J connectivity index is 1.45. The summed E-state index contributed by atoms with van der Waals surface area (Å²) < 4.78 is 5.85. The van der Waals surface area contributed by atoms with Crippen LogP contribution in [0.1, 0.15) is 44.9 Å². The van der Waals surface area contributed by atoms with Gasteiger partial charge in [-0.2, -0.15) is 0 Å². The fourth-order valence-corrected chi connectivity index (χ4v) is 3.78. The molecule has 0 saturated heterocycles. The van der Waals surface area contributed by atoms with E-state index in [0.29, 0.717) is 12.6 Å². The second-order valence-electron chi connectivity index (χ2n) is 6.82. The Labute approximate surface area is 154 Å². The molecule has 5 heteroatoms. The van der Waals surface area contributed by atoms with Gasteiger partial charge in [-0.05, 0) is 43.5 Å². The minimum Gasteiger partial charge on any atom is -0.494 e. The maximum atomic E-state index is 11.3. The predicted molar refractivity (Wildman–Crippen MR) is 107 cm³/mol. The molecule has 1 aliphatic rings. The Morgan fingerprint density at radius 3 is 2.84 bits per heavy atom. The van der Waals surface area contributed by atoms with Crippen LogP contribution in [0.4, 0.5) is 0 Å². The van der Waals surface area contributed by atoms with Crippen LogP contribution >= 0.6 is 12.2 Å². The number of aromatic amines is 1. The molecule has 0 atom stereocenters. The van der Waals surface area contributed by atoms with Crippen LogP contribution in [0.15, 0.2) is 35.1 Å². The highest BCUT2D eigenvalue weighted by molar-refractivity contribution is 7.80. The fourth-order valence-electron chi connectivity index (χ4n) is 3.48. The maximum Gasteiger partial charge on any atom is 0.248 e. The monoisotopic (exact) mass is 358 g/mol. The van der Waals surface area contributed by atoms with Crippen molar-refractivity contribution in [1.82, 2.24) is 9.88 Å². The Morgan fingerprint density at radius 2 is 2.04 bits per heavy atom. The standard InChI is InChI=1S/C20H26N2O2S/c1-22(16-6-3-2-4-7-16)20(25)8-5-13-24-17-10-11-18-15(14-17)9-12-19(23)21-18/h9-12,14,16H,2-8,13H2,1H3,(H,21,23). The van der Waals surface area contributed by atoms with Crippen molar-refractivity contribution in [3.63, 3.8) is 0 Å². The lowest BCUT2D eigenvalue weighted by Crippen LogP contribution is -2.37. The van der Waals surface area contributed by atoms with E-state index in [1.54, 1.807) is 0 Å². The zero-order valence-electron chi connectivity index (χ0n) is 14.8. The number of hydrogen-bond acceptors (Lipinski definition) is 3. The molecular formula is C20H26N2O2S. The highest BCUT2D eigenvalue weighted by Gasteiger charge is 2.19. The van der Waals surface area contributed by atoms with Crippen molar-refractivity contribution in [2.24, 2.45) is 0 Å². The highest BCUT2D eigenvalue weighted by atomic mass is 32.1. The number of aromatic nitrogens is 1. The van der Waals surface area contributed by atoms with Gasteiger partial charge < -0.3 is 14.6 Å². The first kappa shape index (κ1) is 17.9. The average molecular weight is 359 g/mol. The van der Waals surface area contributed by atoms with Crippen LogP contribution in [0.25, 0.3) is 10.9 Å². The van der Waals surface area contributed by atoms with Gasteiger partial charge in [0.05, 0.1) is 11.6 Å². The molecule has 134 valence electrons. The molecule has 0 spiro atoms. The van der Waals surface area contributed by atoms with Crippen LogP contribution in [0.2, 0.25) is 0 Å². The van der Waals surface area contributed by atoms with Gasteiger partial charge in [0.25, 0.3) is 0 Å². The van der Waals surface area contributed by atoms with E-state index < -0.39 is 0 Å². The average Bonchev–Trinajstić information content (AvgIpc) is 2.65. The lowest BCUT2D eigenvalue weighted by molar-refractivity contribution is 0.273. The number of rotatable bonds is 6. The summed E-state index contributed by atoms with van der Waals surface area (Å²) in [5, 5.41) is 0.977. The van der Waals surface area contributed by atoms with Gasteiger partial charge in [-0.3, -0.25) is 4.79 Å². The number of pyridine rings is 1. The van der Waals surface area contributed by atoms with Crippen LogP contribution in [0, 0.1) is 0 Å². The maximum absolute atomic E-state index is 11.3. The summed E-state index contributed by atoms with van der Waals surface area (Å²) in [7, 11) is 2.14. The van der Waals surface area contributed by atoms with Gasteiger partial charge in [0.1, 0.15) is 5.75 Å². The summed E-state index contributed by atoms with van der Waals surface area (Å²) in [4.78, 5) is 17.5. The van der Waals surface area contributed by atoms with Crippen molar-refractivity contribution in [2.75, 3.05) is 13.7 Å². The molecule has 0 unspecified atom stereocenters. The van der Waals surface area contributed by atoms with Gasteiger partial charge in [0, 0.05) is 36.5 Å². The van der Waals surface area contributed by atoms with E-state index in [2.05, 4.69) is 16.9 Å². The van der Waals surface area contributed by atoms with Crippen molar-refractivity contribution in [1.29, 1.82) is 0 Å². The smallest absolute Gasteiger partial charge is 0.248 e. The zero-order chi connectivity index (χ0) is 17.6. The van der Waals surface area contributed by atoms with Crippen LogP contribution in [-0.4, -0.2) is 34.6 Å². The minimum absolute atomic E-state index is 0.0863. The molecule has 0 radical (unpaired) electrons. The zero-order valence-corrected chi connectivity index (χ0v) is 15.6. The molecule has 0 aliphatic heterocycles. The van der Waals surface area contributed by atoms with Gasteiger partial charge in [0.2, 0.25) is 5.56 Å². The summed E-state index contributed by atoms with van der Waals surface area (Å²) >= 11 is 5.60. The lowest BCUT2D eigenvalue weighted by Gasteiger charge is -2.33. The van der Waals surface area contributed by atoms with E-state index in [1.165, 1.54) is 38.2 Å². The Morgan fingerprint density at radius 1 is 1.24 bits per heavy atom. The molecule has 4 nitrogen and oxygen atoms in total. The molecule has 1 heterocycles.